The van der Waals surface area contributed by atoms with Gasteiger partial charge in [-0.25, -0.2) is 0 Å². The summed E-state index contributed by atoms with van der Waals surface area (Å²) in [6, 6.07) is 0. The van der Waals surface area contributed by atoms with Gasteiger partial charge in [0.25, 0.3) is 0 Å². The molecular formula is C22H37NO2. The van der Waals surface area contributed by atoms with Crippen LogP contribution >= 0.6 is 0 Å². The van der Waals surface area contributed by atoms with Crippen molar-refractivity contribution in [1.29, 1.82) is 0 Å². The van der Waals surface area contributed by atoms with Crippen molar-refractivity contribution in [3.05, 3.63) is 0 Å². The molecule has 0 N–H and O–H groups in total. The Morgan fingerprint density at radius 3 is 1.92 bits per heavy atom. The summed E-state index contributed by atoms with van der Waals surface area (Å²) in [5.41, 5.74) is 0. The first-order chi connectivity index (χ1) is 12.3. The van der Waals surface area contributed by atoms with Gasteiger partial charge in [0.15, 0.2) is 6.61 Å². The molecule has 0 aromatic heterocycles. The summed E-state index contributed by atoms with van der Waals surface area (Å²) in [7, 11) is 0. The van der Waals surface area contributed by atoms with Gasteiger partial charge < -0.3 is 4.74 Å². The van der Waals surface area contributed by atoms with E-state index in [1.807, 2.05) is 0 Å². The summed E-state index contributed by atoms with van der Waals surface area (Å²) in [5.74, 6) is 7.45. The van der Waals surface area contributed by atoms with Gasteiger partial charge in [0.05, 0.1) is 12.5 Å². The van der Waals surface area contributed by atoms with Gasteiger partial charge in [0.1, 0.15) is 0 Å². The van der Waals surface area contributed by atoms with Crippen LogP contribution in [0.3, 0.4) is 0 Å². The van der Waals surface area contributed by atoms with Crippen LogP contribution in [0.2, 0.25) is 0 Å². The first-order valence-corrected chi connectivity index (χ1v) is 10.6. The molecule has 2 aliphatic rings. The smallest absolute Gasteiger partial charge is 0.310 e. The molecule has 2 fully saturated rings. The molecule has 0 radical (unpaired) electrons. The van der Waals surface area contributed by atoms with Crippen LogP contribution in [0.1, 0.15) is 78.1 Å². The molecule has 2 aliphatic carbocycles. The molecule has 2 rings (SSSR count). The molecule has 142 valence electrons. The number of ether oxygens (including phenoxy) is 1. The first kappa shape index (κ1) is 20.3. The van der Waals surface area contributed by atoms with Gasteiger partial charge in [-0.2, -0.15) is 0 Å². The Balaban J connectivity index is 1.87. The summed E-state index contributed by atoms with van der Waals surface area (Å²) in [6.07, 6.45) is 12.6. The molecule has 2 saturated carbocycles. The number of hydrogen-bond acceptors (Lipinski definition) is 3. The van der Waals surface area contributed by atoms with Crippen molar-refractivity contribution in [3.8, 4) is 11.8 Å². The molecule has 3 heteroatoms. The molecule has 3 nitrogen and oxygen atoms in total. The van der Waals surface area contributed by atoms with E-state index < -0.39 is 0 Å². The van der Waals surface area contributed by atoms with Crippen molar-refractivity contribution in [3.63, 3.8) is 0 Å². The zero-order valence-electron chi connectivity index (χ0n) is 16.4. The van der Waals surface area contributed by atoms with Gasteiger partial charge in [-0.05, 0) is 50.6 Å². The molecule has 25 heavy (non-hydrogen) atoms. The molecule has 0 heterocycles. The van der Waals surface area contributed by atoms with Crippen molar-refractivity contribution in [2.75, 3.05) is 26.2 Å². The number of hydrogen-bond donors (Lipinski definition) is 0. The minimum atomic E-state index is 0.0379. The summed E-state index contributed by atoms with van der Waals surface area (Å²) in [5, 5.41) is 0. The van der Waals surface area contributed by atoms with Gasteiger partial charge in [0, 0.05) is 0 Å². The molecule has 0 aromatic rings. The fourth-order valence-corrected chi connectivity index (χ4v) is 4.63. The normalized spacial score (nSPS) is 19.7. The third-order valence-electron chi connectivity index (χ3n) is 6.20. The van der Waals surface area contributed by atoms with E-state index in [1.54, 1.807) is 0 Å². The van der Waals surface area contributed by atoms with Crippen LogP contribution in [0, 0.1) is 29.6 Å². The molecule has 0 aliphatic heterocycles. The third kappa shape index (κ3) is 6.66. The molecule has 0 bridgehead atoms. The zero-order valence-corrected chi connectivity index (χ0v) is 16.4. The maximum absolute atomic E-state index is 12.9. The Bertz CT molecular complexity index is 417. The minimum absolute atomic E-state index is 0.0379. The average Bonchev–Trinajstić information content (AvgIpc) is 2.66. The highest BCUT2D eigenvalue weighted by atomic mass is 16.5. The van der Waals surface area contributed by atoms with E-state index in [-0.39, 0.29) is 18.5 Å². The van der Waals surface area contributed by atoms with E-state index >= 15 is 0 Å². The topological polar surface area (TPSA) is 29.5 Å². The Morgan fingerprint density at radius 1 is 0.920 bits per heavy atom. The van der Waals surface area contributed by atoms with Crippen LogP contribution in [0.5, 0.6) is 0 Å². The van der Waals surface area contributed by atoms with Crippen molar-refractivity contribution < 1.29 is 9.53 Å². The molecule has 0 spiro atoms. The molecular weight excluding hydrogens is 310 g/mol. The van der Waals surface area contributed by atoms with Crippen molar-refractivity contribution in [2.45, 2.75) is 78.1 Å². The summed E-state index contributed by atoms with van der Waals surface area (Å²) in [4.78, 5) is 15.1. The van der Waals surface area contributed by atoms with Crippen LogP contribution in [0.25, 0.3) is 0 Å². The van der Waals surface area contributed by atoms with E-state index in [0.29, 0.717) is 11.8 Å². The van der Waals surface area contributed by atoms with Crippen LogP contribution in [-0.2, 0) is 9.53 Å². The highest BCUT2D eigenvalue weighted by Crippen LogP contribution is 2.40. The third-order valence-corrected chi connectivity index (χ3v) is 6.20. The predicted octanol–water partition coefficient (Wildman–Crippen LogP) is 4.65. The van der Waals surface area contributed by atoms with Gasteiger partial charge in [-0.3, -0.25) is 9.69 Å². The Morgan fingerprint density at radius 2 is 1.44 bits per heavy atom. The Labute approximate surface area is 154 Å². The van der Waals surface area contributed by atoms with E-state index in [9.17, 15) is 4.79 Å². The van der Waals surface area contributed by atoms with E-state index in [1.165, 1.54) is 64.2 Å². The Kier molecular flexibility index (Phi) is 9.40. The monoisotopic (exact) mass is 347 g/mol. The van der Waals surface area contributed by atoms with Crippen molar-refractivity contribution >= 4 is 5.97 Å². The molecule has 0 unspecified atom stereocenters. The highest BCUT2D eigenvalue weighted by molar-refractivity contribution is 5.73. The van der Waals surface area contributed by atoms with Gasteiger partial charge >= 0.3 is 5.97 Å². The maximum Gasteiger partial charge on any atom is 0.310 e. The summed E-state index contributed by atoms with van der Waals surface area (Å²) < 4.78 is 5.63. The fourth-order valence-electron chi connectivity index (χ4n) is 4.63. The molecule has 0 aromatic carbocycles. The van der Waals surface area contributed by atoms with E-state index in [0.717, 1.165) is 19.6 Å². The van der Waals surface area contributed by atoms with Crippen LogP contribution < -0.4 is 0 Å². The zero-order chi connectivity index (χ0) is 17.9. The van der Waals surface area contributed by atoms with Gasteiger partial charge in [-0.15, -0.1) is 0 Å². The predicted molar refractivity (Wildman–Crippen MR) is 103 cm³/mol. The van der Waals surface area contributed by atoms with Crippen LogP contribution in [0.4, 0.5) is 0 Å². The van der Waals surface area contributed by atoms with Crippen molar-refractivity contribution in [2.24, 2.45) is 17.8 Å². The number of carbonyl (C=O) groups is 1. The highest BCUT2D eigenvalue weighted by Gasteiger charge is 2.37. The van der Waals surface area contributed by atoms with E-state index in [4.69, 9.17) is 4.74 Å². The fraction of sp³-hybridized carbons (Fsp3) is 0.864. The standard InChI is InChI=1S/C22H37NO2/c1-3-23(4-2)17-11-12-18-25-22(24)21(19-13-7-5-8-14-19)20-15-9-6-10-16-20/h19-21H,3-10,13-18H2,1-2H3. The van der Waals surface area contributed by atoms with Gasteiger partial charge in [-0.1, -0.05) is 64.2 Å². The second kappa shape index (κ2) is 11.6. The number of esters is 1. The average molecular weight is 348 g/mol. The summed E-state index contributed by atoms with van der Waals surface area (Å²) >= 11 is 0. The first-order valence-electron chi connectivity index (χ1n) is 10.6. The van der Waals surface area contributed by atoms with E-state index in [2.05, 4.69) is 30.6 Å². The summed E-state index contributed by atoms with van der Waals surface area (Å²) in [6.45, 7) is 7.33. The number of carbonyl (C=O) groups excluding carboxylic acids is 1. The quantitative estimate of drug-likeness (QED) is 0.496. The molecule has 0 saturated heterocycles. The van der Waals surface area contributed by atoms with Crippen molar-refractivity contribution in [1.82, 2.24) is 4.90 Å². The van der Waals surface area contributed by atoms with Crippen LogP contribution in [0.15, 0.2) is 0 Å². The molecule has 0 amide bonds. The number of rotatable bonds is 7. The lowest BCUT2D eigenvalue weighted by atomic mass is 9.69. The van der Waals surface area contributed by atoms with Gasteiger partial charge in [0.2, 0.25) is 0 Å². The lowest BCUT2D eigenvalue weighted by molar-refractivity contribution is -0.152. The number of nitrogens with zero attached hydrogens (tertiary/aromatic N) is 1. The minimum Gasteiger partial charge on any atom is -0.452 e. The lowest BCUT2D eigenvalue weighted by Gasteiger charge is -2.36. The second-order valence-electron chi connectivity index (χ2n) is 7.74. The largest absolute Gasteiger partial charge is 0.452 e. The van der Waals surface area contributed by atoms with Crippen LogP contribution in [-0.4, -0.2) is 37.1 Å². The maximum atomic E-state index is 12.9. The molecule has 0 atom stereocenters. The Hall–Kier alpha value is -1.01. The SMILES string of the molecule is CCN(CC)CC#CCOC(=O)C(C1CCCCC1)C1CCCCC1. The lowest BCUT2D eigenvalue weighted by Crippen LogP contribution is -2.35. The second-order valence-corrected chi connectivity index (χ2v) is 7.74.